The predicted octanol–water partition coefficient (Wildman–Crippen LogP) is 7.57. The maximum atomic E-state index is 14.2. The lowest BCUT2D eigenvalue weighted by atomic mass is 9.89. The normalized spacial score (nSPS) is 14.1. The van der Waals surface area contributed by atoms with Crippen LogP contribution in [0.25, 0.3) is 33.2 Å². The van der Waals surface area contributed by atoms with Gasteiger partial charge in [0.1, 0.15) is 11.4 Å². The summed E-state index contributed by atoms with van der Waals surface area (Å²) in [5.74, 6) is 0.511. The van der Waals surface area contributed by atoms with Crippen LogP contribution < -0.4 is 11.0 Å². The van der Waals surface area contributed by atoms with Gasteiger partial charge in [-0.1, -0.05) is 40.2 Å². The van der Waals surface area contributed by atoms with E-state index in [1.807, 2.05) is 63.2 Å². The third-order valence-corrected chi connectivity index (χ3v) is 8.95. The van der Waals surface area contributed by atoms with E-state index in [0.717, 1.165) is 28.4 Å². The Balaban J connectivity index is 1.46. The number of nitriles is 1. The average molecular weight is 667 g/mol. The number of ether oxygens (including phenoxy) is 1. The molecule has 1 aliphatic heterocycles. The summed E-state index contributed by atoms with van der Waals surface area (Å²) in [4.78, 5) is 42.7. The highest BCUT2D eigenvalue weighted by Crippen LogP contribution is 2.32. The number of nitrogens with zero attached hydrogens (tertiary/aromatic N) is 3. The number of aromatic nitrogens is 1. The monoisotopic (exact) mass is 665 g/mol. The van der Waals surface area contributed by atoms with Crippen LogP contribution in [-0.2, 0) is 11.3 Å². The highest BCUT2D eigenvalue weighted by atomic mass is 79.9. The highest BCUT2D eigenvalue weighted by Gasteiger charge is 2.28. The lowest BCUT2D eigenvalue weighted by Crippen LogP contribution is -2.41. The molecule has 45 heavy (non-hydrogen) atoms. The Morgan fingerprint density at radius 1 is 1.00 bits per heavy atom. The van der Waals surface area contributed by atoms with Gasteiger partial charge in [-0.25, -0.2) is 4.79 Å². The van der Waals surface area contributed by atoms with Gasteiger partial charge in [-0.2, -0.15) is 5.26 Å². The van der Waals surface area contributed by atoms with Crippen molar-refractivity contribution in [2.45, 2.75) is 51.7 Å². The molecule has 9 heteroatoms. The molecule has 6 rings (SSSR count). The third-order valence-electron chi connectivity index (χ3n) is 8.17. The van der Waals surface area contributed by atoms with Crippen LogP contribution in [0.3, 0.4) is 0 Å². The Labute approximate surface area is 268 Å². The van der Waals surface area contributed by atoms with Crippen molar-refractivity contribution in [2.24, 2.45) is 0 Å². The molecule has 0 N–H and O–H groups in total. The molecule has 8 nitrogen and oxygen atoms in total. The second kappa shape index (κ2) is 12.0. The number of hydrogen-bond donors (Lipinski definition) is 0. The van der Waals surface area contributed by atoms with Gasteiger partial charge in [0, 0.05) is 28.5 Å². The van der Waals surface area contributed by atoms with E-state index < -0.39 is 11.2 Å². The summed E-state index contributed by atoms with van der Waals surface area (Å²) in [7, 11) is 0. The van der Waals surface area contributed by atoms with E-state index >= 15 is 0 Å². The molecule has 0 bridgehead atoms. The second-order valence-corrected chi connectivity index (χ2v) is 13.2. The van der Waals surface area contributed by atoms with Crippen LogP contribution in [0.15, 0.2) is 91.3 Å². The fourth-order valence-corrected chi connectivity index (χ4v) is 6.26. The van der Waals surface area contributed by atoms with Crippen LogP contribution in [0.1, 0.15) is 56.2 Å². The summed E-state index contributed by atoms with van der Waals surface area (Å²) in [6.45, 7) is 6.89. The minimum Gasteiger partial charge on any atom is -0.450 e. The van der Waals surface area contributed by atoms with Crippen molar-refractivity contribution in [3.63, 3.8) is 0 Å². The van der Waals surface area contributed by atoms with E-state index in [4.69, 9.17) is 9.15 Å². The summed E-state index contributed by atoms with van der Waals surface area (Å²) < 4.78 is 14.1. The number of benzene rings is 3. The zero-order valence-electron chi connectivity index (χ0n) is 25.3. The number of carbonyl (C=O) groups excluding carboxylic acids is 1. The molecule has 0 unspecified atom stereocenters. The van der Waals surface area contributed by atoms with Crippen molar-refractivity contribution in [1.82, 2.24) is 9.47 Å². The quantitative estimate of drug-likeness (QED) is 0.196. The molecule has 0 spiro atoms. The molecule has 1 amide bonds. The summed E-state index contributed by atoms with van der Waals surface area (Å²) in [5, 5.41) is 9.82. The van der Waals surface area contributed by atoms with Gasteiger partial charge in [-0.15, -0.1) is 0 Å². The van der Waals surface area contributed by atoms with E-state index in [0.29, 0.717) is 40.9 Å². The maximum absolute atomic E-state index is 14.2. The minimum absolute atomic E-state index is 0.0187. The van der Waals surface area contributed by atoms with Gasteiger partial charge >= 0.3 is 6.09 Å². The van der Waals surface area contributed by atoms with Gasteiger partial charge in [0.2, 0.25) is 5.58 Å². The predicted molar refractivity (Wildman–Crippen MR) is 177 cm³/mol. The van der Waals surface area contributed by atoms with Gasteiger partial charge in [-0.05, 0) is 99.2 Å². The molecule has 2 aromatic heterocycles. The zero-order valence-corrected chi connectivity index (χ0v) is 26.9. The Morgan fingerprint density at radius 3 is 2.38 bits per heavy atom. The molecular formula is C36H32BrN3O5. The molecule has 1 saturated heterocycles. The Bertz CT molecular complexity index is 2090. The largest absolute Gasteiger partial charge is 0.450 e. The number of carbonyl (C=O) groups is 1. The van der Waals surface area contributed by atoms with Crippen LogP contribution in [-0.4, -0.2) is 34.3 Å². The lowest BCUT2D eigenvalue weighted by molar-refractivity contribution is 0.0205. The van der Waals surface area contributed by atoms with Crippen molar-refractivity contribution in [1.29, 1.82) is 5.26 Å². The molecule has 1 fully saturated rings. The van der Waals surface area contributed by atoms with Gasteiger partial charge in [0.05, 0.1) is 29.1 Å². The third kappa shape index (κ3) is 6.16. The number of fused-ring (bicyclic) bond motifs is 2. The summed E-state index contributed by atoms with van der Waals surface area (Å²) in [5.41, 5.74) is 2.25. The van der Waals surface area contributed by atoms with Crippen molar-refractivity contribution in [2.75, 3.05) is 13.1 Å². The molecule has 1 aliphatic rings. The Morgan fingerprint density at radius 2 is 1.71 bits per heavy atom. The van der Waals surface area contributed by atoms with E-state index in [2.05, 4.69) is 22.0 Å². The van der Waals surface area contributed by atoms with Crippen LogP contribution in [0.4, 0.5) is 4.79 Å². The van der Waals surface area contributed by atoms with Crippen LogP contribution in [0.2, 0.25) is 0 Å². The first-order valence-corrected chi connectivity index (χ1v) is 15.7. The van der Waals surface area contributed by atoms with E-state index in [1.165, 1.54) is 0 Å². The minimum atomic E-state index is -0.560. The molecule has 3 aromatic carbocycles. The first kappa shape index (κ1) is 30.4. The number of rotatable bonds is 4. The number of furan rings is 1. The Hall–Kier alpha value is -4.68. The summed E-state index contributed by atoms with van der Waals surface area (Å²) >= 11 is 3.60. The topological polar surface area (TPSA) is 106 Å². The van der Waals surface area contributed by atoms with Crippen molar-refractivity contribution in [3.05, 3.63) is 115 Å². The number of hydrogen-bond acceptors (Lipinski definition) is 6. The maximum Gasteiger partial charge on any atom is 0.410 e. The van der Waals surface area contributed by atoms with Crippen molar-refractivity contribution in [3.8, 4) is 17.4 Å². The van der Waals surface area contributed by atoms with Gasteiger partial charge in [0.25, 0.3) is 5.56 Å². The van der Waals surface area contributed by atoms with Gasteiger partial charge < -0.3 is 18.6 Å². The number of likely N-dealkylation sites (tertiary alicyclic amines) is 1. The zero-order chi connectivity index (χ0) is 31.9. The number of amides is 1. The SMILES string of the molecule is CC(C)(C)OC(=O)N1CCC(c2ccc3c(c2)c(=O)c2cc(-c4ccc(C#N)cc4)oc2c(=O)n3Cc2ccccc2Br)CC1. The molecule has 0 atom stereocenters. The molecule has 0 saturated carbocycles. The first-order valence-electron chi connectivity index (χ1n) is 14.9. The van der Waals surface area contributed by atoms with Crippen molar-refractivity contribution >= 4 is 43.9 Å². The fraction of sp³-hybridized carbons (Fsp3) is 0.278. The van der Waals surface area contributed by atoms with E-state index in [9.17, 15) is 19.6 Å². The van der Waals surface area contributed by atoms with Gasteiger partial charge in [-0.3, -0.25) is 9.59 Å². The van der Waals surface area contributed by atoms with Gasteiger partial charge in [0.15, 0.2) is 5.43 Å². The van der Waals surface area contributed by atoms with E-state index in [1.54, 1.807) is 39.8 Å². The summed E-state index contributed by atoms with van der Waals surface area (Å²) in [6.07, 6.45) is 1.14. The smallest absolute Gasteiger partial charge is 0.410 e. The summed E-state index contributed by atoms with van der Waals surface area (Å²) in [6, 6.07) is 23.9. The molecule has 0 aliphatic carbocycles. The molecule has 3 heterocycles. The molecule has 0 radical (unpaired) electrons. The number of halogens is 1. The van der Waals surface area contributed by atoms with Crippen LogP contribution in [0, 0.1) is 11.3 Å². The molecular weight excluding hydrogens is 634 g/mol. The lowest BCUT2D eigenvalue weighted by Gasteiger charge is -2.33. The molecule has 228 valence electrons. The standard InChI is InChI=1S/C36H32BrN3O5/c1-36(2,3)45-35(43)39-16-14-23(15-17-39)25-12-13-30-27(18-25)32(41)28-19-31(24-10-8-22(20-38)9-11-24)44-33(28)34(42)40(30)21-26-6-4-5-7-29(26)37/h4-13,18-19,23H,14-17,21H2,1-3H3. The van der Waals surface area contributed by atoms with Crippen molar-refractivity contribution < 1.29 is 13.9 Å². The second-order valence-electron chi connectivity index (χ2n) is 12.4. The van der Waals surface area contributed by atoms with Crippen LogP contribution in [0.5, 0.6) is 0 Å². The first-order chi connectivity index (χ1) is 21.5. The van der Waals surface area contributed by atoms with Crippen LogP contribution >= 0.6 is 15.9 Å². The van der Waals surface area contributed by atoms with E-state index in [-0.39, 0.29) is 35.0 Å². The fourth-order valence-electron chi connectivity index (χ4n) is 5.85. The molecule has 5 aromatic rings. The number of piperidine rings is 1. The average Bonchev–Trinajstić information content (AvgIpc) is 3.46. The highest BCUT2D eigenvalue weighted by molar-refractivity contribution is 9.10. The Kier molecular flexibility index (Phi) is 8.10.